The molecule has 0 saturated carbocycles. The maximum absolute atomic E-state index is 13.3. The zero-order chi connectivity index (χ0) is 16.0. The molecule has 0 unspecified atom stereocenters. The number of hydrogen-bond acceptors (Lipinski definition) is 5. The molecule has 0 aliphatic heterocycles. The van der Waals surface area contributed by atoms with Crippen LogP contribution in [0.25, 0.3) is 16.7 Å². The lowest BCUT2D eigenvalue weighted by Crippen LogP contribution is -2.02. The number of hydrogen-bond donors (Lipinski definition) is 1. The van der Waals surface area contributed by atoms with Gasteiger partial charge in [-0.1, -0.05) is 6.07 Å². The zero-order valence-corrected chi connectivity index (χ0v) is 12.6. The van der Waals surface area contributed by atoms with Crippen LogP contribution in [0.1, 0.15) is 11.1 Å². The average molecular weight is 308 g/mol. The monoisotopic (exact) mass is 308 g/mol. The van der Waals surface area contributed by atoms with Crippen LogP contribution in [-0.4, -0.2) is 25.0 Å². The smallest absolute Gasteiger partial charge is 0.222 e. The van der Waals surface area contributed by atoms with Gasteiger partial charge in [-0.15, -0.1) is 5.10 Å². The van der Waals surface area contributed by atoms with Crippen molar-refractivity contribution in [1.82, 2.24) is 25.0 Å². The number of aromatic nitrogens is 5. The minimum Gasteiger partial charge on any atom is -0.337 e. The van der Waals surface area contributed by atoms with Gasteiger partial charge in [0.2, 0.25) is 5.65 Å². The zero-order valence-electron chi connectivity index (χ0n) is 12.6. The lowest BCUT2D eigenvalue weighted by Gasteiger charge is -2.10. The number of benzene rings is 2. The van der Waals surface area contributed by atoms with Gasteiger partial charge in [0.15, 0.2) is 5.82 Å². The highest BCUT2D eigenvalue weighted by molar-refractivity contribution is 5.84. The topological polar surface area (TPSA) is 68.0 Å². The summed E-state index contributed by atoms with van der Waals surface area (Å²) in [5.41, 5.74) is 4.78. The van der Waals surface area contributed by atoms with Crippen LogP contribution in [0.15, 0.2) is 36.4 Å². The molecule has 6 nitrogen and oxygen atoms in total. The molecule has 0 amide bonds. The van der Waals surface area contributed by atoms with Crippen LogP contribution in [0, 0.1) is 19.7 Å². The maximum atomic E-state index is 13.3. The van der Waals surface area contributed by atoms with E-state index >= 15 is 0 Å². The van der Waals surface area contributed by atoms with Crippen LogP contribution in [0.5, 0.6) is 0 Å². The Bertz CT molecular complexity index is 1040. The normalized spacial score (nSPS) is 11.3. The fourth-order valence-corrected chi connectivity index (χ4v) is 2.54. The molecule has 2 aromatic heterocycles. The van der Waals surface area contributed by atoms with E-state index in [0.717, 1.165) is 27.8 Å². The first kappa shape index (κ1) is 13.6. The number of nitrogens with zero attached hydrogens (tertiary/aromatic N) is 5. The summed E-state index contributed by atoms with van der Waals surface area (Å²) < 4.78 is 14.9. The summed E-state index contributed by atoms with van der Waals surface area (Å²) in [6.07, 6.45) is 0. The predicted molar refractivity (Wildman–Crippen MR) is 85.2 cm³/mol. The molecule has 4 aromatic rings. The molecule has 4 rings (SSSR count). The Morgan fingerprint density at radius 2 is 1.96 bits per heavy atom. The highest BCUT2D eigenvalue weighted by Crippen LogP contribution is 2.25. The van der Waals surface area contributed by atoms with Crippen molar-refractivity contribution < 1.29 is 4.39 Å². The summed E-state index contributed by atoms with van der Waals surface area (Å²) >= 11 is 0. The van der Waals surface area contributed by atoms with E-state index in [1.54, 1.807) is 10.6 Å². The molecule has 0 fully saturated rings. The Morgan fingerprint density at radius 3 is 2.78 bits per heavy atom. The van der Waals surface area contributed by atoms with Crippen LogP contribution in [0.4, 0.5) is 15.9 Å². The first-order valence-electron chi connectivity index (χ1n) is 7.13. The molecule has 23 heavy (non-hydrogen) atoms. The highest BCUT2D eigenvalue weighted by atomic mass is 19.1. The van der Waals surface area contributed by atoms with Gasteiger partial charge in [-0.25, -0.2) is 9.37 Å². The largest absolute Gasteiger partial charge is 0.337 e. The van der Waals surface area contributed by atoms with E-state index in [1.165, 1.54) is 12.1 Å². The third kappa shape index (κ3) is 2.26. The standard InChI is InChI=1S/C16H13FN6/c1-9-3-5-13-14(7-9)23-16(20-21-22-23)15(19-13)18-12-6-4-11(17)8-10(12)2/h3-8H,1-2H3,(H,18,19). The van der Waals surface area contributed by atoms with Gasteiger partial charge in [-0.3, -0.25) is 0 Å². The summed E-state index contributed by atoms with van der Waals surface area (Å²) in [6.45, 7) is 3.83. The van der Waals surface area contributed by atoms with Gasteiger partial charge >= 0.3 is 0 Å². The second-order valence-electron chi connectivity index (χ2n) is 5.45. The quantitative estimate of drug-likeness (QED) is 0.616. The van der Waals surface area contributed by atoms with Gasteiger partial charge < -0.3 is 5.32 Å². The van der Waals surface area contributed by atoms with Crippen molar-refractivity contribution in [3.05, 3.63) is 53.3 Å². The molecule has 0 radical (unpaired) electrons. The third-order valence-corrected chi connectivity index (χ3v) is 3.71. The third-order valence-electron chi connectivity index (χ3n) is 3.71. The Labute approximate surface area is 131 Å². The Hall–Kier alpha value is -3.09. The van der Waals surface area contributed by atoms with Crippen LogP contribution in [0.3, 0.4) is 0 Å². The van der Waals surface area contributed by atoms with E-state index < -0.39 is 0 Å². The first-order valence-corrected chi connectivity index (χ1v) is 7.13. The molecule has 114 valence electrons. The molecular formula is C16H13FN6. The number of halogens is 1. The Morgan fingerprint density at radius 1 is 1.09 bits per heavy atom. The van der Waals surface area contributed by atoms with Gasteiger partial charge in [0, 0.05) is 5.69 Å². The van der Waals surface area contributed by atoms with E-state index in [9.17, 15) is 4.39 Å². The number of aryl methyl sites for hydroxylation is 2. The van der Waals surface area contributed by atoms with Gasteiger partial charge in [-0.2, -0.15) is 4.52 Å². The molecule has 0 aliphatic carbocycles. The van der Waals surface area contributed by atoms with Crippen molar-refractivity contribution in [3.8, 4) is 0 Å². The van der Waals surface area contributed by atoms with Gasteiger partial charge in [-0.05, 0) is 65.7 Å². The Balaban J connectivity index is 1.91. The predicted octanol–water partition coefficient (Wildman–Crippen LogP) is 3.17. The van der Waals surface area contributed by atoms with Gasteiger partial charge in [0.1, 0.15) is 5.82 Å². The second kappa shape index (κ2) is 4.98. The second-order valence-corrected chi connectivity index (χ2v) is 5.45. The highest BCUT2D eigenvalue weighted by Gasteiger charge is 2.13. The number of fused-ring (bicyclic) bond motifs is 3. The molecule has 0 bridgehead atoms. The van der Waals surface area contributed by atoms with Crippen molar-refractivity contribution in [2.75, 3.05) is 5.32 Å². The fraction of sp³-hybridized carbons (Fsp3) is 0.125. The van der Waals surface area contributed by atoms with E-state index in [0.29, 0.717) is 11.5 Å². The van der Waals surface area contributed by atoms with Crippen molar-refractivity contribution in [3.63, 3.8) is 0 Å². The lowest BCUT2D eigenvalue weighted by atomic mass is 10.2. The van der Waals surface area contributed by atoms with Gasteiger partial charge in [0.05, 0.1) is 11.0 Å². The number of anilines is 2. The first-order chi connectivity index (χ1) is 11.1. The van der Waals surface area contributed by atoms with E-state index in [-0.39, 0.29) is 5.82 Å². The molecule has 1 N–H and O–H groups in total. The summed E-state index contributed by atoms with van der Waals surface area (Å²) in [5, 5.41) is 15.0. The van der Waals surface area contributed by atoms with Crippen molar-refractivity contribution in [1.29, 1.82) is 0 Å². The SMILES string of the molecule is Cc1ccc2nc(Nc3ccc(F)cc3C)c3nnnn3c2c1. The molecule has 0 saturated heterocycles. The van der Waals surface area contributed by atoms with Crippen LogP contribution >= 0.6 is 0 Å². The molecular weight excluding hydrogens is 295 g/mol. The minimum atomic E-state index is -0.274. The molecule has 0 spiro atoms. The number of tetrazole rings is 1. The van der Waals surface area contributed by atoms with E-state index in [2.05, 4.69) is 25.8 Å². The summed E-state index contributed by atoms with van der Waals surface area (Å²) in [6, 6.07) is 10.4. The molecule has 0 atom stereocenters. The number of rotatable bonds is 2. The van der Waals surface area contributed by atoms with Crippen molar-refractivity contribution in [2.45, 2.75) is 13.8 Å². The average Bonchev–Trinajstić information content (AvgIpc) is 3.01. The van der Waals surface area contributed by atoms with E-state index in [1.807, 2.05) is 32.0 Å². The van der Waals surface area contributed by atoms with Crippen molar-refractivity contribution in [2.24, 2.45) is 0 Å². The van der Waals surface area contributed by atoms with Crippen LogP contribution in [-0.2, 0) is 0 Å². The lowest BCUT2D eigenvalue weighted by molar-refractivity contribution is 0.627. The summed E-state index contributed by atoms with van der Waals surface area (Å²) in [4.78, 5) is 4.61. The van der Waals surface area contributed by atoms with Crippen LogP contribution in [0.2, 0.25) is 0 Å². The minimum absolute atomic E-state index is 0.274. The fourth-order valence-electron chi connectivity index (χ4n) is 2.54. The molecule has 2 aromatic carbocycles. The van der Waals surface area contributed by atoms with Crippen LogP contribution < -0.4 is 5.32 Å². The maximum Gasteiger partial charge on any atom is 0.222 e. The van der Waals surface area contributed by atoms with Gasteiger partial charge in [0.25, 0.3) is 0 Å². The number of nitrogens with one attached hydrogen (secondary N) is 1. The molecule has 0 aliphatic rings. The molecule has 2 heterocycles. The summed E-state index contributed by atoms with van der Waals surface area (Å²) in [5.74, 6) is 0.255. The molecule has 7 heteroatoms. The summed E-state index contributed by atoms with van der Waals surface area (Å²) in [7, 11) is 0. The Kier molecular flexibility index (Phi) is 2.94. The van der Waals surface area contributed by atoms with E-state index in [4.69, 9.17) is 0 Å². The van der Waals surface area contributed by atoms with Crippen molar-refractivity contribution >= 4 is 28.2 Å².